The highest BCUT2D eigenvalue weighted by molar-refractivity contribution is 5.98. The number of benzene rings is 2. The number of rotatable bonds is 2. The fraction of sp³-hybridized carbons (Fsp3) is 0.658. The molecule has 0 spiro atoms. The van der Waals surface area contributed by atoms with Crippen molar-refractivity contribution in [2.24, 2.45) is 0 Å². The maximum atomic E-state index is 12.3. The Morgan fingerprint density at radius 2 is 1.07 bits per heavy atom. The van der Waals surface area contributed by atoms with Crippen LogP contribution in [0.5, 0.6) is 11.5 Å². The zero-order chi connectivity index (χ0) is 32.9. The van der Waals surface area contributed by atoms with Crippen molar-refractivity contribution >= 4 is 17.3 Å². The van der Waals surface area contributed by atoms with E-state index >= 15 is 0 Å². The number of nitrogens with zero attached hydrogens (tertiary/aromatic N) is 2. The summed E-state index contributed by atoms with van der Waals surface area (Å²) in [6.45, 7) is 31.3. The summed E-state index contributed by atoms with van der Waals surface area (Å²) in [5.74, 6) is 0.834. The van der Waals surface area contributed by atoms with E-state index in [9.17, 15) is 15.0 Å². The van der Waals surface area contributed by atoms with Gasteiger partial charge in [-0.3, -0.25) is 4.79 Å². The Balaban J connectivity index is 0.000000236. The van der Waals surface area contributed by atoms with E-state index in [1.165, 1.54) is 18.4 Å². The molecule has 0 aliphatic carbocycles. The first-order valence-electron chi connectivity index (χ1n) is 16.3. The summed E-state index contributed by atoms with van der Waals surface area (Å²) in [4.78, 5) is 16.4. The van der Waals surface area contributed by atoms with Gasteiger partial charge in [-0.15, -0.1) is 0 Å². The average molecular weight is 593 g/mol. The van der Waals surface area contributed by atoms with E-state index in [1.54, 1.807) is 4.90 Å². The third-order valence-electron chi connectivity index (χ3n) is 9.14. The molecule has 2 saturated heterocycles. The lowest BCUT2D eigenvalue weighted by Gasteiger charge is -2.32. The minimum absolute atomic E-state index is 0.0333. The second-order valence-corrected chi connectivity index (χ2v) is 17.1. The molecule has 1 amide bonds. The van der Waals surface area contributed by atoms with Crippen LogP contribution in [0.25, 0.3) is 0 Å². The number of hydrogen-bond acceptors (Lipinski definition) is 4. The van der Waals surface area contributed by atoms with Gasteiger partial charge in [-0.1, -0.05) is 95.2 Å². The van der Waals surface area contributed by atoms with Gasteiger partial charge in [0.1, 0.15) is 11.5 Å². The normalized spacial score (nSPS) is 20.0. The Morgan fingerprint density at radius 3 is 1.42 bits per heavy atom. The summed E-state index contributed by atoms with van der Waals surface area (Å²) >= 11 is 0. The molecule has 2 heterocycles. The molecule has 2 atom stereocenters. The smallest absolute Gasteiger partial charge is 0.227 e. The van der Waals surface area contributed by atoms with E-state index in [1.807, 2.05) is 13.0 Å². The predicted octanol–water partition coefficient (Wildman–Crippen LogP) is 9.48. The SMILES string of the molecule is CC1CCC(=O)N1c1cc(C(C)(C)C)cc(C(C)(C)C)c1O.CC1CCCN1c1cc(C(C)(C)C)cc(C(C)(C)C)c1O. The van der Waals surface area contributed by atoms with Crippen LogP contribution < -0.4 is 9.80 Å². The van der Waals surface area contributed by atoms with E-state index in [-0.39, 0.29) is 39.4 Å². The lowest BCUT2D eigenvalue weighted by molar-refractivity contribution is -0.117. The summed E-state index contributed by atoms with van der Waals surface area (Å²) in [6.07, 6.45) is 3.84. The Kier molecular flexibility index (Phi) is 9.72. The molecule has 2 aromatic rings. The van der Waals surface area contributed by atoms with Gasteiger partial charge in [0, 0.05) is 36.2 Å². The van der Waals surface area contributed by atoms with Crippen LogP contribution >= 0.6 is 0 Å². The number of aromatic hydroxyl groups is 2. The summed E-state index contributed by atoms with van der Waals surface area (Å²) < 4.78 is 0. The molecule has 0 bridgehead atoms. The van der Waals surface area contributed by atoms with Gasteiger partial charge in [-0.25, -0.2) is 0 Å². The molecule has 5 nitrogen and oxygen atoms in total. The minimum atomic E-state index is -0.175. The van der Waals surface area contributed by atoms with Crippen LogP contribution in [0.15, 0.2) is 24.3 Å². The van der Waals surface area contributed by atoms with Gasteiger partial charge in [0.25, 0.3) is 0 Å². The van der Waals surface area contributed by atoms with Crippen LogP contribution in [0.1, 0.15) is 145 Å². The van der Waals surface area contributed by atoms with Gasteiger partial charge in [-0.05, 0) is 78.0 Å². The van der Waals surface area contributed by atoms with Gasteiger partial charge in [0.15, 0.2) is 0 Å². The lowest BCUT2D eigenvalue weighted by atomic mass is 9.79. The maximum Gasteiger partial charge on any atom is 0.227 e. The first-order valence-corrected chi connectivity index (χ1v) is 16.3. The fourth-order valence-electron chi connectivity index (χ4n) is 6.14. The Hall–Kier alpha value is -2.69. The summed E-state index contributed by atoms with van der Waals surface area (Å²) in [5.41, 5.74) is 5.95. The molecule has 5 heteroatoms. The predicted molar refractivity (Wildman–Crippen MR) is 183 cm³/mol. The molecular weight excluding hydrogens is 532 g/mol. The van der Waals surface area contributed by atoms with E-state index in [4.69, 9.17) is 0 Å². The lowest BCUT2D eigenvalue weighted by Crippen LogP contribution is -2.31. The van der Waals surface area contributed by atoms with Gasteiger partial charge < -0.3 is 20.0 Å². The van der Waals surface area contributed by atoms with Crippen LogP contribution in [0, 0.1) is 0 Å². The Morgan fingerprint density at radius 1 is 0.628 bits per heavy atom. The molecule has 2 aromatic carbocycles. The number of hydrogen-bond donors (Lipinski definition) is 2. The summed E-state index contributed by atoms with van der Waals surface area (Å²) in [5, 5.41) is 21.7. The molecule has 2 N–H and O–H groups in total. The highest BCUT2D eigenvalue weighted by Crippen LogP contribution is 2.45. The van der Waals surface area contributed by atoms with Crippen molar-refractivity contribution in [1.29, 1.82) is 0 Å². The van der Waals surface area contributed by atoms with E-state index < -0.39 is 0 Å². The number of anilines is 2. The molecule has 0 radical (unpaired) electrons. The van der Waals surface area contributed by atoms with Crippen molar-refractivity contribution in [3.8, 4) is 11.5 Å². The van der Waals surface area contributed by atoms with Crippen molar-refractivity contribution in [2.75, 3.05) is 16.3 Å². The highest BCUT2D eigenvalue weighted by atomic mass is 16.3. The third kappa shape index (κ3) is 7.70. The zero-order valence-corrected chi connectivity index (χ0v) is 29.7. The van der Waals surface area contributed by atoms with Gasteiger partial charge in [0.2, 0.25) is 5.91 Å². The molecule has 2 fully saturated rings. The molecular formula is C38H60N2O3. The van der Waals surface area contributed by atoms with Crippen LogP contribution in [0.4, 0.5) is 11.4 Å². The first kappa shape index (κ1) is 34.8. The minimum Gasteiger partial charge on any atom is -0.505 e. The third-order valence-corrected chi connectivity index (χ3v) is 9.14. The average Bonchev–Trinajstić information content (AvgIpc) is 3.41. The first-order chi connectivity index (χ1) is 19.4. The van der Waals surface area contributed by atoms with Crippen molar-refractivity contribution in [3.05, 3.63) is 46.5 Å². The highest BCUT2D eigenvalue weighted by Gasteiger charge is 2.34. The molecule has 2 aliphatic rings. The van der Waals surface area contributed by atoms with Crippen molar-refractivity contribution in [3.63, 3.8) is 0 Å². The van der Waals surface area contributed by atoms with Gasteiger partial charge >= 0.3 is 0 Å². The Bertz CT molecular complexity index is 1320. The zero-order valence-electron chi connectivity index (χ0n) is 29.7. The van der Waals surface area contributed by atoms with Crippen molar-refractivity contribution < 1.29 is 15.0 Å². The molecule has 0 saturated carbocycles. The summed E-state index contributed by atoms with van der Waals surface area (Å²) in [6, 6.07) is 9.13. The van der Waals surface area contributed by atoms with E-state index in [0.717, 1.165) is 35.3 Å². The van der Waals surface area contributed by atoms with Crippen LogP contribution in [-0.2, 0) is 26.5 Å². The van der Waals surface area contributed by atoms with E-state index in [2.05, 4.69) is 113 Å². The second kappa shape index (κ2) is 12.0. The fourth-order valence-corrected chi connectivity index (χ4v) is 6.14. The van der Waals surface area contributed by atoms with Gasteiger partial charge in [0.05, 0.1) is 11.4 Å². The maximum absolute atomic E-state index is 12.3. The van der Waals surface area contributed by atoms with Crippen LogP contribution in [0.3, 0.4) is 0 Å². The number of carbonyl (C=O) groups excluding carboxylic acids is 1. The Labute approximate surface area is 262 Å². The number of phenols is 2. The number of phenolic OH excluding ortho intramolecular Hbond substituents is 2. The molecule has 2 aliphatic heterocycles. The molecule has 240 valence electrons. The quantitative estimate of drug-likeness (QED) is 0.365. The molecule has 43 heavy (non-hydrogen) atoms. The molecule has 4 rings (SSSR count). The second-order valence-electron chi connectivity index (χ2n) is 17.1. The molecule has 0 aromatic heterocycles. The summed E-state index contributed by atoms with van der Waals surface area (Å²) in [7, 11) is 0. The van der Waals surface area contributed by atoms with Crippen LogP contribution in [0.2, 0.25) is 0 Å². The molecule has 2 unspecified atom stereocenters. The largest absolute Gasteiger partial charge is 0.505 e. The van der Waals surface area contributed by atoms with Gasteiger partial charge in [-0.2, -0.15) is 0 Å². The number of carbonyl (C=O) groups is 1. The topological polar surface area (TPSA) is 64.0 Å². The number of amides is 1. The van der Waals surface area contributed by atoms with Crippen LogP contribution in [-0.4, -0.2) is 34.7 Å². The standard InChI is InChI=1S/C19H29NO2.C19H31NO/c1-12-8-9-16(21)20(12)15-11-13(18(2,3)4)10-14(17(15)22)19(5,6)7;1-13-9-8-10-20(13)16-12-14(18(2,3)4)11-15(17(16)21)19(5,6)7/h10-12,22H,8-9H2,1-7H3;11-13,21H,8-10H2,1-7H3. The van der Waals surface area contributed by atoms with E-state index in [0.29, 0.717) is 23.9 Å². The van der Waals surface area contributed by atoms with Crippen molar-refractivity contribution in [1.82, 2.24) is 0 Å². The van der Waals surface area contributed by atoms with Crippen molar-refractivity contribution in [2.45, 2.75) is 156 Å². The monoisotopic (exact) mass is 592 g/mol.